The molecule has 1 aromatic carbocycles. The van der Waals surface area contributed by atoms with Crippen molar-refractivity contribution in [1.29, 1.82) is 0 Å². The molecule has 1 N–H and O–H groups in total. The van der Waals surface area contributed by atoms with Gasteiger partial charge >= 0.3 is 0 Å². The highest BCUT2D eigenvalue weighted by molar-refractivity contribution is 5.79. The minimum absolute atomic E-state index is 0.719. The van der Waals surface area contributed by atoms with Crippen LogP contribution in [0.3, 0.4) is 0 Å². The van der Waals surface area contributed by atoms with Gasteiger partial charge in [0, 0.05) is 40.3 Å². The van der Waals surface area contributed by atoms with Gasteiger partial charge in [0.05, 0.1) is 0 Å². The number of hydrogen-bond donors (Lipinski definition) is 1. The van der Waals surface area contributed by atoms with Crippen molar-refractivity contribution in [2.24, 2.45) is 16.8 Å². The second-order valence-electron chi connectivity index (χ2n) is 7.87. The quantitative estimate of drug-likeness (QED) is 0.634. The Labute approximate surface area is 154 Å². The molecule has 1 saturated heterocycles. The van der Waals surface area contributed by atoms with Crippen LogP contribution in [0.4, 0.5) is 0 Å². The Morgan fingerprint density at radius 2 is 2.12 bits per heavy atom. The number of hydrogen-bond acceptors (Lipinski definition) is 2. The smallest absolute Gasteiger partial charge is 0.193 e. The average Bonchev–Trinajstić information content (AvgIpc) is 2.57. The fourth-order valence-electron chi connectivity index (χ4n) is 3.74. The van der Waals surface area contributed by atoms with Crippen LogP contribution in [0.1, 0.15) is 37.8 Å². The summed E-state index contributed by atoms with van der Waals surface area (Å²) >= 11 is 0. The molecule has 0 saturated carbocycles. The van der Waals surface area contributed by atoms with Crippen LogP contribution in [-0.4, -0.2) is 56.0 Å². The van der Waals surface area contributed by atoms with Crippen LogP contribution in [0, 0.1) is 18.8 Å². The summed E-state index contributed by atoms with van der Waals surface area (Å²) in [4.78, 5) is 9.33. The topological polar surface area (TPSA) is 30.9 Å². The van der Waals surface area contributed by atoms with Crippen LogP contribution in [0.5, 0.6) is 0 Å². The number of aliphatic imine (C=N–C) groups is 1. The van der Waals surface area contributed by atoms with E-state index in [1.807, 2.05) is 7.05 Å². The van der Waals surface area contributed by atoms with Gasteiger partial charge in [0.15, 0.2) is 5.96 Å². The summed E-state index contributed by atoms with van der Waals surface area (Å²) in [6, 6.07) is 8.57. The van der Waals surface area contributed by atoms with Gasteiger partial charge in [-0.2, -0.15) is 0 Å². The van der Waals surface area contributed by atoms with Gasteiger partial charge in [0.1, 0.15) is 0 Å². The maximum Gasteiger partial charge on any atom is 0.193 e. The Bertz CT molecular complexity index is 553. The summed E-state index contributed by atoms with van der Waals surface area (Å²) in [6.07, 6.45) is 2.64. The molecule has 0 aromatic heterocycles. The van der Waals surface area contributed by atoms with E-state index in [2.05, 4.69) is 72.2 Å². The molecule has 1 fully saturated rings. The fourth-order valence-corrected chi connectivity index (χ4v) is 3.74. The lowest BCUT2D eigenvalue weighted by Gasteiger charge is -2.34. The first-order valence-electron chi connectivity index (χ1n) is 9.68. The van der Waals surface area contributed by atoms with Crippen molar-refractivity contribution >= 4 is 5.96 Å². The van der Waals surface area contributed by atoms with Crippen molar-refractivity contribution in [3.8, 4) is 0 Å². The minimum Gasteiger partial charge on any atom is -0.356 e. The Kier molecular flexibility index (Phi) is 7.76. The third-order valence-electron chi connectivity index (χ3n) is 5.02. The van der Waals surface area contributed by atoms with Crippen LogP contribution in [0.2, 0.25) is 0 Å². The number of aryl methyl sites for hydroxylation is 1. The molecule has 0 spiro atoms. The first kappa shape index (κ1) is 19.8. The number of guanidine groups is 1. The van der Waals surface area contributed by atoms with Gasteiger partial charge in [-0.05, 0) is 49.3 Å². The molecule has 25 heavy (non-hydrogen) atoms. The van der Waals surface area contributed by atoms with Crippen molar-refractivity contribution < 1.29 is 0 Å². The van der Waals surface area contributed by atoms with Gasteiger partial charge < -0.3 is 15.1 Å². The molecule has 0 amide bonds. The lowest BCUT2D eigenvalue weighted by Crippen LogP contribution is -2.45. The van der Waals surface area contributed by atoms with Crippen molar-refractivity contribution in [3.63, 3.8) is 0 Å². The molecular formula is C21H36N4. The summed E-state index contributed by atoms with van der Waals surface area (Å²) in [7, 11) is 4.00. The molecule has 1 unspecified atom stereocenters. The third-order valence-corrected chi connectivity index (χ3v) is 5.02. The summed E-state index contributed by atoms with van der Waals surface area (Å²) < 4.78 is 0. The standard InChI is InChI=1S/C21H36N4/c1-17(2)14-25-12-8-10-19(15-25)13-23-21(22-4)24(5)16-20-11-7-6-9-18(20)3/h6-7,9,11,17,19H,8,10,12-16H2,1-5H3,(H,22,23). The van der Waals surface area contributed by atoms with Crippen molar-refractivity contribution in [1.82, 2.24) is 15.1 Å². The predicted octanol–water partition coefficient (Wildman–Crippen LogP) is 3.37. The molecule has 140 valence electrons. The Morgan fingerprint density at radius 3 is 2.80 bits per heavy atom. The molecule has 0 bridgehead atoms. The molecule has 0 aliphatic carbocycles. The number of likely N-dealkylation sites (tertiary alicyclic amines) is 1. The molecule has 1 aliphatic rings. The van der Waals surface area contributed by atoms with Gasteiger partial charge in [-0.15, -0.1) is 0 Å². The van der Waals surface area contributed by atoms with E-state index < -0.39 is 0 Å². The van der Waals surface area contributed by atoms with Crippen molar-refractivity contribution in [2.75, 3.05) is 40.3 Å². The van der Waals surface area contributed by atoms with Gasteiger partial charge in [0.2, 0.25) is 0 Å². The third kappa shape index (κ3) is 6.35. The summed E-state index contributed by atoms with van der Waals surface area (Å²) in [5.74, 6) is 2.46. The van der Waals surface area contributed by atoms with Crippen molar-refractivity contribution in [2.45, 2.75) is 40.2 Å². The predicted molar refractivity (Wildman–Crippen MR) is 108 cm³/mol. The lowest BCUT2D eigenvalue weighted by molar-refractivity contribution is 0.159. The van der Waals surface area contributed by atoms with Crippen LogP contribution >= 0.6 is 0 Å². The van der Waals surface area contributed by atoms with Crippen LogP contribution in [0.15, 0.2) is 29.3 Å². The van der Waals surface area contributed by atoms with E-state index in [4.69, 9.17) is 0 Å². The monoisotopic (exact) mass is 344 g/mol. The number of benzene rings is 1. The second-order valence-corrected chi connectivity index (χ2v) is 7.87. The Morgan fingerprint density at radius 1 is 1.36 bits per heavy atom. The molecule has 0 radical (unpaired) electrons. The van der Waals surface area contributed by atoms with Crippen molar-refractivity contribution in [3.05, 3.63) is 35.4 Å². The van der Waals surface area contributed by atoms with Gasteiger partial charge in [-0.25, -0.2) is 0 Å². The lowest BCUT2D eigenvalue weighted by atomic mass is 9.97. The maximum absolute atomic E-state index is 4.48. The number of nitrogens with one attached hydrogen (secondary N) is 1. The van der Waals surface area contributed by atoms with E-state index in [1.54, 1.807) is 0 Å². The second kappa shape index (κ2) is 9.81. The number of nitrogens with zero attached hydrogens (tertiary/aromatic N) is 3. The van der Waals surface area contributed by atoms with E-state index in [0.717, 1.165) is 30.9 Å². The van der Waals surface area contributed by atoms with E-state index >= 15 is 0 Å². The van der Waals surface area contributed by atoms with Crippen LogP contribution < -0.4 is 5.32 Å². The molecular weight excluding hydrogens is 308 g/mol. The molecule has 1 atom stereocenters. The molecule has 1 aromatic rings. The van der Waals surface area contributed by atoms with Crippen LogP contribution in [-0.2, 0) is 6.54 Å². The molecule has 1 heterocycles. The summed E-state index contributed by atoms with van der Waals surface area (Å²) in [5, 5.41) is 3.60. The maximum atomic E-state index is 4.48. The zero-order chi connectivity index (χ0) is 18.2. The molecule has 4 heteroatoms. The first-order chi connectivity index (χ1) is 12.0. The zero-order valence-electron chi connectivity index (χ0n) is 16.8. The number of piperidine rings is 1. The van der Waals surface area contributed by atoms with Crippen LogP contribution in [0.25, 0.3) is 0 Å². The van der Waals surface area contributed by atoms with E-state index in [0.29, 0.717) is 0 Å². The average molecular weight is 345 g/mol. The first-order valence-corrected chi connectivity index (χ1v) is 9.68. The van der Waals surface area contributed by atoms with Gasteiger partial charge in [0.25, 0.3) is 0 Å². The Hall–Kier alpha value is -1.55. The fraction of sp³-hybridized carbons (Fsp3) is 0.667. The molecule has 1 aliphatic heterocycles. The Balaban J connectivity index is 1.84. The van der Waals surface area contributed by atoms with E-state index in [9.17, 15) is 0 Å². The summed E-state index contributed by atoms with van der Waals surface area (Å²) in [6.45, 7) is 12.4. The highest BCUT2D eigenvalue weighted by Crippen LogP contribution is 2.17. The normalized spacial score (nSPS) is 19.3. The zero-order valence-corrected chi connectivity index (χ0v) is 16.8. The minimum atomic E-state index is 0.719. The van der Waals surface area contributed by atoms with Gasteiger partial charge in [-0.1, -0.05) is 38.1 Å². The SMILES string of the molecule is CN=C(NCC1CCCN(CC(C)C)C1)N(C)Cc1ccccc1C. The molecule has 4 nitrogen and oxygen atoms in total. The van der Waals surface area contributed by atoms with E-state index in [-0.39, 0.29) is 0 Å². The number of rotatable bonds is 6. The van der Waals surface area contributed by atoms with Gasteiger partial charge in [-0.3, -0.25) is 4.99 Å². The largest absolute Gasteiger partial charge is 0.356 e. The molecule has 2 rings (SSSR count). The highest BCUT2D eigenvalue weighted by atomic mass is 15.3. The van der Waals surface area contributed by atoms with E-state index in [1.165, 1.54) is 43.6 Å². The summed E-state index contributed by atoms with van der Waals surface area (Å²) in [5.41, 5.74) is 2.69. The highest BCUT2D eigenvalue weighted by Gasteiger charge is 2.21.